The number of rotatable bonds is 6. The van der Waals surface area contributed by atoms with E-state index in [1.165, 1.54) is 11.1 Å². The SMILES string of the molecule is COCC(OC)c1ccccc1C(C)N1CCNCC1. The smallest absolute Gasteiger partial charge is 0.106 e. The maximum absolute atomic E-state index is 5.60. The predicted molar refractivity (Wildman–Crippen MR) is 80.9 cm³/mol. The lowest BCUT2D eigenvalue weighted by atomic mass is 9.96. The van der Waals surface area contributed by atoms with Crippen LogP contribution in [0.25, 0.3) is 0 Å². The summed E-state index contributed by atoms with van der Waals surface area (Å²) in [7, 11) is 3.46. The molecule has 1 aliphatic heterocycles. The number of piperazine rings is 1. The van der Waals surface area contributed by atoms with Crippen LogP contribution in [0.1, 0.15) is 30.2 Å². The summed E-state index contributed by atoms with van der Waals surface area (Å²) in [6.07, 6.45) is 0.00145. The van der Waals surface area contributed by atoms with Gasteiger partial charge in [-0.3, -0.25) is 4.90 Å². The normalized spacial score (nSPS) is 19.8. The van der Waals surface area contributed by atoms with Gasteiger partial charge in [-0.2, -0.15) is 0 Å². The molecule has 0 amide bonds. The van der Waals surface area contributed by atoms with E-state index in [0.29, 0.717) is 12.6 Å². The number of nitrogens with one attached hydrogen (secondary N) is 1. The monoisotopic (exact) mass is 278 g/mol. The summed E-state index contributed by atoms with van der Waals surface area (Å²) in [6.45, 7) is 7.19. The molecule has 4 heteroatoms. The zero-order valence-electron chi connectivity index (χ0n) is 12.8. The first-order valence-corrected chi connectivity index (χ1v) is 7.33. The van der Waals surface area contributed by atoms with Gasteiger partial charge in [0.15, 0.2) is 0 Å². The van der Waals surface area contributed by atoms with E-state index in [2.05, 4.69) is 41.4 Å². The minimum Gasteiger partial charge on any atom is -0.382 e. The van der Waals surface area contributed by atoms with Gasteiger partial charge in [-0.1, -0.05) is 24.3 Å². The Balaban J connectivity index is 2.21. The lowest BCUT2D eigenvalue weighted by Gasteiger charge is -2.34. The standard InChI is InChI=1S/C16H26N2O2/c1-13(18-10-8-17-9-11-18)14-6-4-5-7-15(14)16(20-3)12-19-2/h4-7,13,16-17H,8-12H2,1-3H3. The van der Waals surface area contributed by atoms with Gasteiger partial charge in [0, 0.05) is 46.4 Å². The van der Waals surface area contributed by atoms with Crippen LogP contribution in [-0.2, 0) is 9.47 Å². The van der Waals surface area contributed by atoms with Crippen molar-refractivity contribution in [3.8, 4) is 0 Å². The van der Waals surface area contributed by atoms with Crippen LogP contribution < -0.4 is 5.32 Å². The number of hydrogen-bond donors (Lipinski definition) is 1. The quantitative estimate of drug-likeness (QED) is 0.863. The molecule has 4 nitrogen and oxygen atoms in total. The van der Waals surface area contributed by atoms with Gasteiger partial charge in [-0.25, -0.2) is 0 Å². The summed E-state index contributed by atoms with van der Waals surface area (Å²) in [5, 5.41) is 3.40. The maximum Gasteiger partial charge on any atom is 0.106 e. The molecule has 2 unspecified atom stereocenters. The molecule has 0 saturated carbocycles. The molecule has 112 valence electrons. The molecule has 1 aromatic carbocycles. The van der Waals surface area contributed by atoms with E-state index >= 15 is 0 Å². The molecule has 1 heterocycles. The molecule has 1 aliphatic rings. The van der Waals surface area contributed by atoms with Crippen LogP contribution in [0.4, 0.5) is 0 Å². The molecule has 0 spiro atoms. The van der Waals surface area contributed by atoms with Gasteiger partial charge in [0.1, 0.15) is 6.10 Å². The fraction of sp³-hybridized carbons (Fsp3) is 0.625. The fourth-order valence-corrected chi connectivity index (χ4v) is 2.89. The van der Waals surface area contributed by atoms with Crippen LogP contribution in [0.5, 0.6) is 0 Å². The molecule has 0 radical (unpaired) electrons. The summed E-state index contributed by atoms with van der Waals surface area (Å²) in [4.78, 5) is 2.52. The minimum atomic E-state index is 0.00145. The average molecular weight is 278 g/mol. The van der Waals surface area contributed by atoms with Crippen molar-refractivity contribution >= 4 is 0 Å². The summed E-state index contributed by atoms with van der Waals surface area (Å²) in [5.74, 6) is 0. The second-order valence-corrected chi connectivity index (χ2v) is 5.27. The third-order valence-electron chi connectivity index (χ3n) is 4.09. The highest BCUT2D eigenvalue weighted by Crippen LogP contribution is 2.29. The second kappa shape index (κ2) is 7.74. The lowest BCUT2D eigenvalue weighted by Crippen LogP contribution is -2.44. The third kappa shape index (κ3) is 3.58. The Morgan fingerprint density at radius 2 is 1.80 bits per heavy atom. The van der Waals surface area contributed by atoms with Crippen LogP contribution in [0, 0.1) is 0 Å². The summed E-state index contributed by atoms with van der Waals surface area (Å²) in [5.41, 5.74) is 2.58. The van der Waals surface area contributed by atoms with Crippen LogP contribution in [0.15, 0.2) is 24.3 Å². The fourth-order valence-electron chi connectivity index (χ4n) is 2.89. The Morgan fingerprint density at radius 1 is 1.15 bits per heavy atom. The lowest BCUT2D eigenvalue weighted by molar-refractivity contribution is 0.0260. The molecule has 1 fully saturated rings. The van der Waals surface area contributed by atoms with Gasteiger partial charge < -0.3 is 14.8 Å². The van der Waals surface area contributed by atoms with Crippen molar-refractivity contribution in [2.45, 2.75) is 19.1 Å². The zero-order chi connectivity index (χ0) is 14.4. The number of methoxy groups -OCH3 is 2. The van der Waals surface area contributed by atoms with Gasteiger partial charge in [-0.05, 0) is 18.1 Å². The van der Waals surface area contributed by atoms with E-state index < -0.39 is 0 Å². The van der Waals surface area contributed by atoms with Gasteiger partial charge in [-0.15, -0.1) is 0 Å². The number of hydrogen-bond acceptors (Lipinski definition) is 4. The molecular formula is C16H26N2O2. The first-order valence-electron chi connectivity index (χ1n) is 7.33. The molecule has 2 rings (SSSR count). The van der Waals surface area contributed by atoms with E-state index in [1.807, 2.05) is 0 Å². The van der Waals surface area contributed by atoms with E-state index in [0.717, 1.165) is 26.2 Å². The molecule has 0 bridgehead atoms. The Bertz CT molecular complexity index is 405. The van der Waals surface area contributed by atoms with E-state index in [1.54, 1.807) is 14.2 Å². The van der Waals surface area contributed by atoms with Crippen molar-refractivity contribution in [1.29, 1.82) is 0 Å². The first kappa shape index (κ1) is 15.4. The highest BCUT2D eigenvalue weighted by atomic mass is 16.5. The topological polar surface area (TPSA) is 33.7 Å². The second-order valence-electron chi connectivity index (χ2n) is 5.27. The highest BCUT2D eigenvalue weighted by molar-refractivity contribution is 5.32. The molecule has 0 aromatic heterocycles. The molecular weight excluding hydrogens is 252 g/mol. The molecule has 1 N–H and O–H groups in total. The van der Waals surface area contributed by atoms with Crippen LogP contribution in [-0.4, -0.2) is 51.9 Å². The van der Waals surface area contributed by atoms with Crippen molar-refractivity contribution < 1.29 is 9.47 Å². The minimum absolute atomic E-state index is 0.00145. The largest absolute Gasteiger partial charge is 0.382 e. The summed E-state index contributed by atoms with van der Waals surface area (Å²) in [6, 6.07) is 8.95. The molecule has 1 saturated heterocycles. The predicted octanol–water partition coefficient (Wildman–Crippen LogP) is 1.99. The highest BCUT2D eigenvalue weighted by Gasteiger charge is 2.23. The Morgan fingerprint density at radius 3 is 2.40 bits per heavy atom. The van der Waals surface area contributed by atoms with Crippen LogP contribution >= 0.6 is 0 Å². The Labute approximate surface area is 122 Å². The summed E-state index contributed by atoms with van der Waals surface area (Å²) >= 11 is 0. The molecule has 2 atom stereocenters. The average Bonchev–Trinajstić information content (AvgIpc) is 2.53. The summed E-state index contributed by atoms with van der Waals surface area (Å²) < 4.78 is 10.9. The van der Waals surface area contributed by atoms with Crippen molar-refractivity contribution in [3.63, 3.8) is 0 Å². The third-order valence-corrected chi connectivity index (χ3v) is 4.09. The van der Waals surface area contributed by atoms with Gasteiger partial charge in [0.25, 0.3) is 0 Å². The van der Waals surface area contributed by atoms with Crippen molar-refractivity contribution in [2.75, 3.05) is 47.0 Å². The number of nitrogens with zero attached hydrogens (tertiary/aromatic N) is 1. The maximum atomic E-state index is 5.60. The van der Waals surface area contributed by atoms with Crippen LogP contribution in [0.2, 0.25) is 0 Å². The van der Waals surface area contributed by atoms with E-state index in [4.69, 9.17) is 9.47 Å². The first-order chi connectivity index (χ1) is 9.77. The van der Waals surface area contributed by atoms with Crippen molar-refractivity contribution in [1.82, 2.24) is 10.2 Å². The van der Waals surface area contributed by atoms with Gasteiger partial charge in [0.05, 0.1) is 6.61 Å². The molecule has 20 heavy (non-hydrogen) atoms. The van der Waals surface area contributed by atoms with Gasteiger partial charge >= 0.3 is 0 Å². The Kier molecular flexibility index (Phi) is 5.98. The van der Waals surface area contributed by atoms with E-state index in [-0.39, 0.29) is 6.10 Å². The Hall–Kier alpha value is -0.940. The zero-order valence-corrected chi connectivity index (χ0v) is 12.8. The van der Waals surface area contributed by atoms with Gasteiger partial charge in [0.2, 0.25) is 0 Å². The number of ether oxygens (including phenoxy) is 2. The molecule has 1 aromatic rings. The van der Waals surface area contributed by atoms with Crippen molar-refractivity contribution in [3.05, 3.63) is 35.4 Å². The number of benzene rings is 1. The van der Waals surface area contributed by atoms with E-state index in [9.17, 15) is 0 Å². The van der Waals surface area contributed by atoms with Crippen molar-refractivity contribution in [2.24, 2.45) is 0 Å². The van der Waals surface area contributed by atoms with Crippen LogP contribution in [0.3, 0.4) is 0 Å². The molecule has 0 aliphatic carbocycles.